The quantitative estimate of drug-likeness (QED) is 0.728. The number of hydrogen-bond donors (Lipinski definition) is 0. The lowest BCUT2D eigenvalue weighted by atomic mass is 10.00. The Morgan fingerprint density at radius 2 is 1.47 bits per heavy atom. The van der Waals surface area contributed by atoms with E-state index in [0.717, 1.165) is 5.92 Å². The third kappa shape index (κ3) is 9.61. The minimum Gasteiger partial charge on any atom is -0.306 e. The highest BCUT2D eigenvalue weighted by Gasteiger charge is 2.10. The van der Waals surface area contributed by atoms with Gasteiger partial charge in [-0.3, -0.25) is 0 Å². The molecule has 0 amide bonds. The highest BCUT2D eigenvalue weighted by Crippen LogP contribution is 2.13. The van der Waals surface area contributed by atoms with Gasteiger partial charge in [0.2, 0.25) is 0 Å². The summed E-state index contributed by atoms with van der Waals surface area (Å²) in [4.78, 5) is 4.89. The van der Waals surface area contributed by atoms with Crippen molar-refractivity contribution in [1.82, 2.24) is 9.80 Å². The second-order valence-electron chi connectivity index (χ2n) is 5.42. The van der Waals surface area contributed by atoms with E-state index in [2.05, 4.69) is 44.5 Å². The van der Waals surface area contributed by atoms with E-state index in [1.807, 2.05) is 0 Å². The third-order valence-corrected chi connectivity index (χ3v) is 3.53. The molecule has 1 fully saturated rings. The lowest BCUT2D eigenvalue weighted by Gasteiger charge is -2.26. The van der Waals surface area contributed by atoms with Gasteiger partial charge in [0.05, 0.1) is 0 Å². The molecule has 0 aromatic heterocycles. The molecule has 0 N–H and O–H groups in total. The van der Waals surface area contributed by atoms with E-state index in [0.29, 0.717) is 0 Å². The van der Waals surface area contributed by atoms with Crippen LogP contribution in [-0.4, -0.2) is 49.6 Å². The summed E-state index contributed by atoms with van der Waals surface area (Å²) in [6, 6.07) is 0. The van der Waals surface area contributed by atoms with Crippen LogP contribution in [0.4, 0.5) is 0 Å². The van der Waals surface area contributed by atoms with Crippen LogP contribution in [-0.2, 0) is 0 Å². The fourth-order valence-corrected chi connectivity index (χ4v) is 2.20. The van der Waals surface area contributed by atoms with Gasteiger partial charge in [0.15, 0.2) is 0 Å². The largest absolute Gasteiger partial charge is 0.306 e. The van der Waals surface area contributed by atoms with Gasteiger partial charge in [-0.15, -0.1) is 0 Å². The second-order valence-corrected chi connectivity index (χ2v) is 5.42. The molecule has 1 aliphatic heterocycles. The monoisotopic (exact) mass is 242 g/mol. The summed E-state index contributed by atoms with van der Waals surface area (Å²) < 4.78 is 0. The van der Waals surface area contributed by atoms with Gasteiger partial charge in [-0.1, -0.05) is 27.7 Å². The summed E-state index contributed by atoms with van der Waals surface area (Å²) in [7, 11) is 2.20. The first-order chi connectivity index (χ1) is 8.13. The van der Waals surface area contributed by atoms with Crippen LogP contribution in [0.15, 0.2) is 0 Å². The summed E-state index contributed by atoms with van der Waals surface area (Å²) in [6.45, 7) is 15.4. The molecule has 0 saturated carbocycles. The molecule has 0 aliphatic carbocycles. The Bertz CT molecular complexity index is 135. The minimum atomic E-state index is 0.978. The van der Waals surface area contributed by atoms with Crippen LogP contribution in [0.2, 0.25) is 0 Å². The molecule has 1 saturated heterocycles. The Morgan fingerprint density at radius 1 is 1.00 bits per heavy atom. The fraction of sp³-hybridized carbons (Fsp3) is 1.00. The van der Waals surface area contributed by atoms with Crippen LogP contribution >= 0.6 is 0 Å². The van der Waals surface area contributed by atoms with Gasteiger partial charge in [-0.25, -0.2) is 0 Å². The summed E-state index contributed by atoms with van der Waals surface area (Å²) in [5.74, 6) is 0.978. The van der Waals surface area contributed by atoms with Gasteiger partial charge in [0, 0.05) is 0 Å². The Labute approximate surface area is 109 Å². The maximum atomic E-state index is 2.49. The first-order valence-electron chi connectivity index (χ1n) is 7.54. The van der Waals surface area contributed by atoms with Crippen LogP contribution in [0, 0.1) is 5.92 Å². The highest BCUT2D eigenvalue weighted by molar-refractivity contribution is 4.65. The molecule has 0 bridgehead atoms. The standard InChI is InChI=1S/C8H19N.C7H15N/c1-4-7-9(6-3)8-5-2;1-7-3-5-8(2)6-4-7/h4-8H2,1-3H3;7H,3-6H2,1-2H3. The molecule has 1 heterocycles. The molecule has 2 heteroatoms. The van der Waals surface area contributed by atoms with E-state index in [4.69, 9.17) is 0 Å². The fourth-order valence-electron chi connectivity index (χ4n) is 2.20. The number of piperidine rings is 1. The number of nitrogens with zero attached hydrogens (tertiary/aromatic N) is 2. The molecule has 0 aromatic rings. The van der Waals surface area contributed by atoms with E-state index in [-0.39, 0.29) is 0 Å². The molecule has 104 valence electrons. The lowest BCUT2D eigenvalue weighted by Crippen LogP contribution is -2.28. The molecule has 1 aliphatic rings. The van der Waals surface area contributed by atoms with Crippen molar-refractivity contribution < 1.29 is 0 Å². The maximum Gasteiger partial charge on any atom is -0.00192 e. The molecular formula is C15H34N2. The third-order valence-electron chi connectivity index (χ3n) is 3.53. The Balaban J connectivity index is 0.000000302. The zero-order valence-electron chi connectivity index (χ0n) is 12.8. The summed E-state index contributed by atoms with van der Waals surface area (Å²) in [5, 5.41) is 0. The van der Waals surface area contributed by atoms with Gasteiger partial charge in [-0.05, 0) is 71.4 Å². The van der Waals surface area contributed by atoms with Crippen LogP contribution in [0.3, 0.4) is 0 Å². The molecule has 0 aromatic carbocycles. The van der Waals surface area contributed by atoms with Gasteiger partial charge < -0.3 is 9.80 Å². The summed E-state index contributed by atoms with van der Waals surface area (Å²) >= 11 is 0. The summed E-state index contributed by atoms with van der Waals surface area (Å²) in [5.41, 5.74) is 0. The average molecular weight is 242 g/mol. The van der Waals surface area contributed by atoms with Gasteiger partial charge in [-0.2, -0.15) is 0 Å². The van der Waals surface area contributed by atoms with E-state index in [1.165, 1.54) is 58.4 Å². The van der Waals surface area contributed by atoms with Gasteiger partial charge >= 0.3 is 0 Å². The minimum absolute atomic E-state index is 0.978. The highest BCUT2D eigenvalue weighted by atomic mass is 15.1. The normalized spacial score (nSPS) is 18.0. The Morgan fingerprint density at radius 3 is 1.76 bits per heavy atom. The first-order valence-corrected chi connectivity index (χ1v) is 7.54. The second kappa shape index (κ2) is 11.0. The topological polar surface area (TPSA) is 6.48 Å². The first kappa shape index (κ1) is 16.9. The predicted molar refractivity (Wildman–Crippen MR) is 78.6 cm³/mol. The Kier molecular flexibility index (Phi) is 11.0. The van der Waals surface area contributed by atoms with Crippen molar-refractivity contribution in [2.45, 2.75) is 53.4 Å². The summed E-state index contributed by atoms with van der Waals surface area (Å²) in [6.07, 6.45) is 5.37. The Hall–Kier alpha value is -0.0800. The van der Waals surface area contributed by atoms with Crippen LogP contribution in [0.5, 0.6) is 0 Å². The van der Waals surface area contributed by atoms with Gasteiger partial charge in [0.25, 0.3) is 0 Å². The van der Waals surface area contributed by atoms with Crippen molar-refractivity contribution in [3.63, 3.8) is 0 Å². The SMILES string of the molecule is CC1CCN(C)CC1.CCCN(CC)CCC. The van der Waals surface area contributed by atoms with Crippen molar-refractivity contribution in [3.05, 3.63) is 0 Å². The maximum absolute atomic E-state index is 2.49. The van der Waals surface area contributed by atoms with E-state index in [9.17, 15) is 0 Å². The molecular weight excluding hydrogens is 208 g/mol. The van der Waals surface area contributed by atoms with Crippen molar-refractivity contribution in [1.29, 1.82) is 0 Å². The average Bonchev–Trinajstić information content (AvgIpc) is 2.33. The van der Waals surface area contributed by atoms with Crippen LogP contribution in [0.1, 0.15) is 53.4 Å². The van der Waals surface area contributed by atoms with Crippen molar-refractivity contribution in [2.75, 3.05) is 39.8 Å². The number of hydrogen-bond acceptors (Lipinski definition) is 2. The van der Waals surface area contributed by atoms with Crippen molar-refractivity contribution in [3.8, 4) is 0 Å². The van der Waals surface area contributed by atoms with Crippen molar-refractivity contribution >= 4 is 0 Å². The van der Waals surface area contributed by atoms with Crippen LogP contribution in [0.25, 0.3) is 0 Å². The molecule has 2 nitrogen and oxygen atoms in total. The van der Waals surface area contributed by atoms with E-state index < -0.39 is 0 Å². The van der Waals surface area contributed by atoms with Crippen molar-refractivity contribution in [2.24, 2.45) is 5.92 Å². The smallest absolute Gasteiger partial charge is 0.00192 e. The molecule has 1 rings (SSSR count). The zero-order valence-corrected chi connectivity index (χ0v) is 12.8. The van der Waals surface area contributed by atoms with Crippen LogP contribution < -0.4 is 0 Å². The van der Waals surface area contributed by atoms with Gasteiger partial charge in [0.1, 0.15) is 0 Å². The molecule has 0 radical (unpaired) electrons. The molecule has 0 unspecified atom stereocenters. The molecule has 17 heavy (non-hydrogen) atoms. The van der Waals surface area contributed by atoms with E-state index in [1.54, 1.807) is 0 Å². The number of likely N-dealkylation sites (tertiary alicyclic amines) is 1. The zero-order chi connectivity index (χ0) is 13.1. The lowest BCUT2D eigenvalue weighted by molar-refractivity contribution is 0.230. The van der Waals surface area contributed by atoms with E-state index >= 15 is 0 Å². The predicted octanol–water partition coefficient (Wildman–Crippen LogP) is 3.48. The number of rotatable bonds is 5. The molecule has 0 spiro atoms. The molecule has 0 atom stereocenters.